The van der Waals surface area contributed by atoms with Gasteiger partial charge in [-0.2, -0.15) is 0 Å². The number of amides is 2. The second-order valence-corrected chi connectivity index (χ2v) is 7.97. The maximum absolute atomic E-state index is 13.3. The van der Waals surface area contributed by atoms with Crippen molar-refractivity contribution in [3.8, 4) is 16.9 Å². The van der Waals surface area contributed by atoms with Gasteiger partial charge in [0.15, 0.2) is 5.60 Å². The molecule has 0 spiro atoms. The van der Waals surface area contributed by atoms with Crippen LogP contribution in [0.1, 0.15) is 15.9 Å². The molecular formula is C26H27N3O4. The molecule has 1 aromatic heterocycles. The lowest BCUT2D eigenvalue weighted by molar-refractivity contribution is -0.156. The molecule has 33 heavy (non-hydrogen) atoms. The van der Waals surface area contributed by atoms with E-state index in [1.54, 1.807) is 42.5 Å². The fourth-order valence-electron chi connectivity index (χ4n) is 4.23. The Bertz CT molecular complexity index is 1140. The van der Waals surface area contributed by atoms with Crippen LogP contribution in [0, 0.1) is 0 Å². The summed E-state index contributed by atoms with van der Waals surface area (Å²) in [6.45, 7) is 0.794. The van der Waals surface area contributed by atoms with E-state index in [0.717, 1.165) is 16.7 Å². The van der Waals surface area contributed by atoms with Gasteiger partial charge >= 0.3 is 0 Å². The Kier molecular flexibility index (Phi) is 6.70. The highest BCUT2D eigenvalue weighted by Gasteiger charge is 2.45. The minimum atomic E-state index is -1.20. The van der Waals surface area contributed by atoms with Crippen molar-refractivity contribution in [2.24, 2.45) is 0 Å². The van der Waals surface area contributed by atoms with E-state index in [-0.39, 0.29) is 25.0 Å². The second kappa shape index (κ2) is 9.83. The first-order valence-corrected chi connectivity index (χ1v) is 10.8. The van der Waals surface area contributed by atoms with Crippen molar-refractivity contribution < 1.29 is 19.1 Å². The number of methoxy groups -OCH3 is 1. The minimum absolute atomic E-state index is 0.140. The van der Waals surface area contributed by atoms with E-state index in [9.17, 15) is 9.59 Å². The van der Waals surface area contributed by atoms with E-state index in [1.165, 1.54) is 7.11 Å². The number of nitrogens with zero attached hydrogens (tertiary/aromatic N) is 2. The third kappa shape index (κ3) is 4.73. The highest BCUT2D eigenvalue weighted by atomic mass is 16.5. The summed E-state index contributed by atoms with van der Waals surface area (Å²) < 4.78 is 11.5. The predicted octanol–water partition coefficient (Wildman–Crippen LogP) is 2.96. The molecule has 0 saturated carbocycles. The third-order valence-electron chi connectivity index (χ3n) is 5.86. The molecule has 2 heterocycles. The lowest BCUT2D eigenvalue weighted by Crippen LogP contribution is -2.61. The average molecular weight is 446 g/mol. The van der Waals surface area contributed by atoms with Gasteiger partial charge < -0.3 is 19.7 Å². The standard InChI is InChI=1S/C26H27N3O4/c1-27-25(31)26(16-19-7-5-8-20(15-19)21-9-6-12-28-17-21)18-29(13-14-33-26)24(30)22-10-3-4-11-23(22)32-2/h3-12,15,17H,13-14,16,18H2,1-2H3,(H,27,31)/t26-/m0/s1. The molecule has 1 fully saturated rings. The van der Waals surface area contributed by atoms with Crippen molar-refractivity contribution in [1.82, 2.24) is 15.2 Å². The predicted molar refractivity (Wildman–Crippen MR) is 125 cm³/mol. The molecule has 2 amide bonds. The highest BCUT2D eigenvalue weighted by molar-refractivity contribution is 5.97. The molecule has 1 saturated heterocycles. The number of hydrogen-bond acceptors (Lipinski definition) is 5. The molecule has 7 nitrogen and oxygen atoms in total. The normalized spacial score (nSPS) is 17.9. The molecule has 170 valence electrons. The van der Waals surface area contributed by atoms with Crippen molar-refractivity contribution >= 4 is 11.8 Å². The molecule has 1 aliphatic heterocycles. The Hall–Kier alpha value is -3.71. The first-order chi connectivity index (χ1) is 16.1. The molecule has 1 atom stereocenters. The number of benzene rings is 2. The smallest absolute Gasteiger partial charge is 0.257 e. The number of ether oxygens (including phenoxy) is 2. The van der Waals surface area contributed by atoms with Crippen LogP contribution < -0.4 is 10.1 Å². The van der Waals surface area contributed by atoms with Crippen molar-refractivity contribution in [2.45, 2.75) is 12.0 Å². The van der Waals surface area contributed by atoms with Crippen molar-refractivity contribution in [3.05, 3.63) is 84.2 Å². The first-order valence-electron chi connectivity index (χ1n) is 10.8. The van der Waals surface area contributed by atoms with Gasteiger partial charge in [0.25, 0.3) is 11.8 Å². The number of morpholine rings is 1. The Balaban J connectivity index is 1.63. The lowest BCUT2D eigenvalue weighted by Gasteiger charge is -2.41. The number of aromatic nitrogens is 1. The SMILES string of the molecule is CNC(=O)[C@]1(Cc2cccc(-c3cccnc3)c2)CN(C(=O)c2ccccc2OC)CCO1. The molecule has 0 unspecified atom stereocenters. The van der Waals surface area contributed by atoms with Crippen LogP contribution in [0.3, 0.4) is 0 Å². The van der Waals surface area contributed by atoms with Crippen molar-refractivity contribution in [1.29, 1.82) is 0 Å². The lowest BCUT2D eigenvalue weighted by atomic mass is 9.89. The van der Waals surface area contributed by atoms with E-state index >= 15 is 0 Å². The van der Waals surface area contributed by atoms with Gasteiger partial charge in [-0.1, -0.05) is 42.5 Å². The zero-order valence-corrected chi connectivity index (χ0v) is 18.8. The monoisotopic (exact) mass is 445 g/mol. The van der Waals surface area contributed by atoms with Crippen LogP contribution in [0.2, 0.25) is 0 Å². The van der Waals surface area contributed by atoms with Gasteiger partial charge in [-0.3, -0.25) is 14.6 Å². The summed E-state index contributed by atoms with van der Waals surface area (Å²) in [5.74, 6) is 0.0589. The largest absolute Gasteiger partial charge is 0.496 e. The van der Waals surface area contributed by atoms with Crippen LogP contribution in [0.25, 0.3) is 11.1 Å². The Morgan fingerprint density at radius 2 is 1.94 bits per heavy atom. The summed E-state index contributed by atoms with van der Waals surface area (Å²) in [4.78, 5) is 32.2. The number of hydrogen-bond donors (Lipinski definition) is 1. The van der Waals surface area contributed by atoms with Crippen LogP contribution in [0.5, 0.6) is 5.75 Å². The van der Waals surface area contributed by atoms with Gasteiger partial charge in [0.2, 0.25) is 0 Å². The molecule has 7 heteroatoms. The number of carbonyl (C=O) groups is 2. The number of rotatable bonds is 6. The van der Waals surface area contributed by atoms with Gasteiger partial charge in [-0.25, -0.2) is 0 Å². The number of para-hydroxylation sites is 1. The molecule has 1 aliphatic rings. The van der Waals surface area contributed by atoms with Gasteiger partial charge in [0.05, 0.1) is 25.8 Å². The minimum Gasteiger partial charge on any atom is -0.496 e. The Morgan fingerprint density at radius 3 is 2.70 bits per heavy atom. The molecule has 0 bridgehead atoms. The number of likely N-dealkylation sites (N-methyl/N-ethyl adjacent to an activating group) is 1. The summed E-state index contributed by atoms with van der Waals surface area (Å²) in [7, 11) is 3.12. The van der Waals surface area contributed by atoms with E-state index in [0.29, 0.717) is 24.3 Å². The topological polar surface area (TPSA) is 80.8 Å². The van der Waals surface area contributed by atoms with Crippen LogP contribution in [-0.2, 0) is 16.0 Å². The van der Waals surface area contributed by atoms with Gasteiger partial charge in [-0.15, -0.1) is 0 Å². The molecule has 4 rings (SSSR count). The van der Waals surface area contributed by atoms with Crippen molar-refractivity contribution in [3.63, 3.8) is 0 Å². The fourth-order valence-corrected chi connectivity index (χ4v) is 4.23. The molecule has 0 aliphatic carbocycles. The zero-order valence-electron chi connectivity index (χ0n) is 18.8. The second-order valence-electron chi connectivity index (χ2n) is 7.97. The zero-order chi connectivity index (χ0) is 23.3. The first kappa shape index (κ1) is 22.5. The molecule has 3 aromatic rings. The van der Waals surface area contributed by atoms with Crippen LogP contribution in [0.15, 0.2) is 73.1 Å². The molecule has 0 radical (unpaired) electrons. The van der Waals surface area contributed by atoms with Gasteiger partial charge in [0.1, 0.15) is 5.75 Å². The maximum Gasteiger partial charge on any atom is 0.257 e. The van der Waals surface area contributed by atoms with Crippen LogP contribution >= 0.6 is 0 Å². The summed E-state index contributed by atoms with van der Waals surface area (Å²) >= 11 is 0. The molecule has 1 N–H and O–H groups in total. The Morgan fingerprint density at radius 1 is 1.12 bits per heavy atom. The van der Waals surface area contributed by atoms with Crippen LogP contribution in [-0.4, -0.2) is 61.2 Å². The summed E-state index contributed by atoms with van der Waals surface area (Å²) in [6, 6.07) is 18.9. The van der Waals surface area contributed by atoms with Crippen molar-refractivity contribution in [2.75, 3.05) is 33.9 Å². The number of nitrogens with one attached hydrogen (secondary N) is 1. The summed E-state index contributed by atoms with van der Waals surface area (Å²) in [5, 5.41) is 2.73. The van der Waals surface area contributed by atoms with E-state index < -0.39 is 5.60 Å². The van der Waals surface area contributed by atoms with Gasteiger partial charge in [-0.05, 0) is 34.9 Å². The summed E-state index contributed by atoms with van der Waals surface area (Å²) in [5.41, 5.74) is 2.20. The number of carbonyl (C=O) groups excluding carboxylic acids is 2. The average Bonchev–Trinajstić information content (AvgIpc) is 2.88. The van der Waals surface area contributed by atoms with Gasteiger partial charge in [0, 0.05) is 32.4 Å². The maximum atomic E-state index is 13.3. The fraction of sp³-hybridized carbons (Fsp3) is 0.269. The van der Waals surface area contributed by atoms with Crippen LogP contribution in [0.4, 0.5) is 0 Å². The molecule has 2 aromatic carbocycles. The summed E-state index contributed by atoms with van der Waals surface area (Å²) in [6.07, 6.45) is 3.87. The quantitative estimate of drug-likeness (QED) is 0.631. The van der Waals surface area contributed by atoms with E-state index in [4.69, 9.17) is 9.47 Å². The van der Waals surface area contributed by atoms with E-state index in [1.807, 2.05) is 42.5 Å². The van der Waals surface area contributed by atoms with E-state index in [2.05, 4.69) is 10.3 Å². The highest BCUT2D eigenvalue weighted by Crippen LogP contribution is 2.28. The number of pyridine rings is 1. The Labute approximate surface area is 193 Å². The molecular weight excluding hydrogens is 418 g/mol. The third-order valence-corrected chi connectivity index (χ3v) is 5.86.